The minimum atomic E-state index is -3.61. The lowest BCUT2D eigenvalue weighted by atomic mass is 9.78. The molecule has 1 aromatic carbocycles. The van der Waals surface area contributed by atoms with Gasteiger partial charge in [0.25, 0.3) is 0 Å². The monoisotopic (exact) mass is 361 g/mol. The topological polar surface area (TPSA) is 66.4 Å². The number of halogens is 1. The van der Waals surface area contributed by atoms with E-state index in [1.165, 1.54) is 0 Å². The third-order valence-electron chi connectivity index (χ3n) is 3.99. The van der Waals surface area contributed by atoms with Gasteiger partial charge in [0.15, 0.2) is 0 Å². The molecule has 2 N–H and O–H groups in total. The maximum Gasteiger partial charge on any atom is 0.241 e. The molecule has 0 spiro atoms. The van der Waals surface area contributed by atoms with Gasteiger partial charge in [-0.05, 0) is 49.8 Å². The van der Waals surface area contributed by atoms with Crippen LogP contribution in [-0.4, -0.2) is 25.7 Å². The summed E-state index contributed by atoms with van der Waals surface area (Å²) >= 11 is 3.28. The van der Waals surface area contributed by atoms with E-state index in [1.54, 1.807) is 24.3 Å². The molecule has 0 atom stereocenters. The van der Waals surface area contributed by atoms with Crippen molar-refractivity contribution in [2.24, 2.45) is 5.92 Å². The van der Waals surface area contributed by atoms with Crippen LogP contribution in [0.2, 0.25) is 0 Å². The highest BCUT2D eigenvalue weighted by molar-refractivity contribution is 9.10. The summed E-state index contributed by atoms with van der Waals surface area (Å²) in [5.74, 6) is 0.588. The Morgan fingerprint density at radius 3 is 2.60 bits per heavy atom. The minimum absolute atomic E-state index is 0.160. The van der Waals surface area contributed by atoms with Crippen molar-refractivity contribution in [2.45, 2.75) is 43.0 Å². The second kappa shape index (κ2) is 6.13. The average molecular weight is 362 g/mol. The predicted octanol–water partition coefficient (Wildman–Crippen LogP) is 2.67. The number of aliphatic hydroxyl groups is 1. The molecule has 0 heterocycles. The summed E-state index contributed by atoms with van der Waals surface area (Å²) in [7, 11) is -3.61. The zero-order valence-corrected chi connectivity index (χ0v) is 13.9. The van der Waals surface area contributed by atoms with Crippen LogP contribution in [0.25, 0.3) is 0 Å². The molecule has 0 radical (unpaired) electrons. The summed E-state index contributed by atoms with van der Waals surface area (Å²) in [6.45, 7) is 2.00. The molecule has 1 saturated carbocycles. The minimum Gasteiger partial charge on any atom is -0.394 e. The van der Waals surface area contributed by atoms with Gasteiger partial charge in [-0.1, -0.05) is 28.9 Å². The van der Waals surface area contributed by atoms with Crippen LogP contribution >= 0.6 is 15.9 Å². The van der Waals surface area contributed by atoms with Crippen LogP contribution in [0.15, 0.2) is 33.6 Å². The SMILES string of the molecule is CC1CCC(CO)(NS(=O)(=O)c2cccc(Br)c2)CC1. The fraction of sp³-hybridized carbons (Fsp3) is 0.571. The van der Waals surface area contributed by atoms with Crippen LogP contribution in [0, 0.1) is 5.92 Å². The molecule has 20 heavy (non-hydrogen) atoms. The van der Waals surface area contributed by atoms with Gasteiger partial charge in [-0.3, -0.25) is 0 Å². The molecule has 0 aliphatic heterocycles. The number of hydrogen-bond donors (Lipinski definition) is 2. The Morgan fingerprint density at radius 2 is 2.05 bits per heavy atom. The van der Waals surface area contributed by atoms with Crippen molar-refractivity contribution in [1.29, 1.82) is 0 Å². The van der Waals surface area contributed by atoms with Crippen molar-refractivity contribution in [3.05, 3.63) is 28.7 Å². The molecule has 0 aromatic heterocycles. The Morgan fingerprint density at radius 1 is 1.40 bits per heavy atom. The Bertz CT molecular complexity index is 566. The molecule has 1 fully saturated rings. The molecule has 112 valence electrons. The number of sulfonamides is 1. The predicted molar refractivity (Wildman–Crippen MR) is 81.9 cm³/mol. The molecular weight excluding hydrogens is 342 g/mol. The third-order valence-corrected chi connectivity index (χ3v) is 6.06. The van der Waals surface area contributed by atoms with Crippen molar-refractivity contribution in [3.63, 3.8) is 0 Å². The van der Waals surface area contributed by atoms with Crippen molar-refractivity contribution in [2.75, 3.05) is 6.61 Å². The molecule has 4 nitrogen and oxygen atoms in total. The van der Waals surface area contributed by atoms with E-state index in [-0.39, 0.29) is 11.5 Å². The zero-order valence-electron chi connectivity index (χ0n) is 11.5. The van der Waals surface area contributed by atoms with Crippen molar-refractivity contribution >= 4 is 26.0 Å². The first-order valence-corrected chi connectivity index (χ1v) is 9.05. The van der Waals surface area contributed by atoms with Crippen molar-refractivity contribution < 1.29 is 13.5 Å². The van der Waals surface area contributed by atoms with Gasteiger partial charge in [0, 0.05) is 4.47 Å². The lowest BCUT2D eigenvalue weighted by Crippen LogP contribution is -2.53. The summed E-state index contributed by atoms with van der Waals surface area (Å²) < 4.78 is 28.4. The highest BCUT2D eigenvalue weighted by Gasteiger charge is 2.37. The van der Waals surface area contributed by atoms with Gasteiger partial charge < -0.3 is 5.11 Å². The fourth-order valence-corrected chi connectivity index (χ4v) is 4.63. The molecule has 1 aliphatic rings. The Balaban J connectivity index is 2.22. The van der Waals surface area contributed by atoms with E-state index in [2.05, 4.69) is 27.6 Å². The molecule has 1 aliphatic carbocycles. The van der Waals surface area contributed by atoms with Crippen LogP contribution in [0.4, 0.5) is 0 Å². The maximum absolute atomic E-state index is 12.5. The molecule has 1 aromatic rings. The van der Waals surface area contributed by atoms with Gasteiger partial charge in [-0.15, -0.1) is 0 Å². The van der Waals surface area contributed by atoms with E-state index in [0.29, 0.717) is 18.8 Å². The molecule has 0 saturated heterocycles. The molecule has 6 heteroatoms. The van der Waals surface area contributed by atoms with Crippen molar-refractivity contribution in [1.82, 2.24) is 4.72 Å². The lowest BCUT2D eigenvalue weighted by molar-refractivity contribution is 0.125. The van der Waals surface area contributed by atoms with Gasteiger partial charge in [0.2, 0.25) is 10.0 Å². The summed E-state index contributed by atoms with van der Waals surface area (Å²) in [5, 5.41) is 9.66. The van der Waals surface area contributed by atoms with Gasteiger partial charge in [0.05, 0.1) is 17.0 Å². The van der Waals surface area contributed by atoms with Crippen LogP contribution < -0.4 is 4.72 Å². The van der Waals surface area contributed by atoms with E-state index in [0.717, 1.165) is 17.3 Å². The van der Waals surface area contributed by atoms with E-state index in [1.807, 2.05) is 0 Å². The number of aliphatic hydroxyl groups excluding tert-OH is 1. The molecule has 0 amide bonds. The van der Waals surface area contributed by atoms with Gasteiger partial charge in [-0.25, -0.2) is 13.1 Å². The first-order chi connectivity index (χ1) is 9.37. The number of hydrogen-bond acceptors (Lipinski definition) is 3. The maximum atomic E-state index is 12.5. The highest BCUT2D eigenvalue weighted by atomic mass is 79.9. The quantitative estimate of drug-likeness (QED) is 0.866. The number of benzene rings is 1. The third kappa shape index (κ3) is 3.61. The first-order valence-electron chi connectivity index (χ1n) is 6.77. The summed E-state index contributed by atoms with van der Waals surface area (Å²) in [6.07, 6.45) is 3.22. The highest BCUT2D eigenvalue weighted by Crippen LogP contribution is 2.33. The van der Waals surface area contributed by atoms with E-state index < -0.39 is 15.6 Å². The first kappa shape index (κ1) is 15.9. The van der Waals surface area contributed by atoms with E-state index >= 15 is 0 Å². The van der Waals surface area contributed by atoms with Gasteiger partial charge >= 0.3 is 0 Å². The summed E-state index contributed by atoms with van der Waals surface area (Å²) in [4.78, 5) is 0.221. The molecular formula is C14H20BrNO3S. The largest absolute Gasteiger partial charge is 0.394 e. The van der Waals surface area contributed by atoms with Crippen LogP contribution in [0.5, 0.6) is 0 Å². The normalized spacial score (nSPS) is 27.4. The van der Waals surface area contributed by atoms with Crippen LogP contribution in [0.1, 0.15) is 32.6 Å². The zero-order chi connectivity index (χ0) is 14.8. The molecule has 0 bridgehead atoms. The van der Waals surface area contributed by atoms with E-state index in [9.17, 15) is 13.5 Å². The Labute approximate surface area is 128 Å². The van der Waals surface area contributed by atoms with Crippen LogP contribution in [-0.2, 0) is 10.0 Å². The standard InChI is InChI=1S/C14H20BrNO3S/c1-11-5-7-14(10-17,8-6-11)16-20(18,19)13-4-2-3-12(15)9-13/h2-4,9,11,16-17H,5-8,10H2,1H3. The lowest BCUT2D eigenvalue weighted by Gasteiger charge is -2.38. The van der Waals surface area contributed by atoms with Crippen LogP contribution in [0.3, 0.4) is 0 Å². The number of nitrogens with one attached hydrogen (secondary N) is 1. The number of rotatable bonds is 4. The molecule has 0 unspecified atom stereocenters. The second-order valence-electron chi connectivity index (χ2n) is 5.68. The van der Waals surface area contributed by atoms with Gasteiger partial charge in [-0.2, -0.15) is 0 Å². The van der Waals surface area contributed by atoms with Crippen molar-refractivity contribution in [3.8, 4) is 0 Å². The molecule has 2 rings (SSSR count). The van der Waals surface area contributed by atoms with E-state index in [4.69, 9.17) is 0 Å². The average Bonchev–Trinajstić information content (AvgIpc) is 2.41. The van der Waals surface area contributed by atoms with Gasteiger partial charge in [0.1, 0.15) is 0 Å². The smallest absolute Gasteiger partial charge is 0.241 e. The second-order valence-corrected chi connectivity index (χ2v) is 8.28. The summed E-state index contributed by atoms with van der Waals surface area (Å²) in [6, 6.07) is 6.60. The Hall–Kier alpha value is -0.430. The fourth-order valence-electron chi connectivity index (χ4n) is 2.59. The summed E-state index contributed by atoms with van der Waals surface area (Å²) in [5.41, 5.74) is -0.715. The Kier molecular flexibility index (Phi) is 4.89.